The van der Waals surface area contributed by atoms with E-state index < -0.39 is 18.0 Å². The number of hydrogen-bond donors (Lipinski definition) is 6. The number of phenolic OH excluding ortho intramolecular Hbond substituents is 1. The van der Waals surface area contributed by atoms with Gasteiger partial charge in [0, 0.05) is 58.1 Å². The van der Waals surface area contributed by atoms with E-state index in [9.17, 15) is 24.3 Å². The van der Waals surface area contributed by atoms with Gasteiger partial charge in [0.2, 0.25) is 17.7 Å². The molecule has 0 bridgehead atoms. The Morgan fingerprint density at radius 1 is 0.939 bits per heavy atom. The Morgan fingerprint density at radius 2 is 1.57 bits per heavy atom. The summed E-state index contributed by atoms with van der Waals surface area (Å²) in [6.07, 6.45) is 8.47. The van der Waals surface area contributed by atoms with E-state index in [0.29, 0.717) is 85.3 Å². The SMILES string of the molecule is CNC(=O)CNC1CCN(C(=O)N[C@@H](Cc2cc(Br)c(O)c(Br)c2)C(=O)N[C@@H](CCCCN)C(=O)N2CCC(c3ccncc3)CC2)CC1. The molecule has 2 saturated heterocycles. The number of nitrogens with two attached hydrogens (primary N) is 1. The van der Waals surface area contributed by atoms with E-state index in [4.69, 9.17) is 5.73 Å². The second-order valence-corrected chi connectivity index (χ2v) is 14.4. The van der Waals surface area contributed by atoms with Gasteiger partial charge >= 0.3 is 6.03 Å². The van der Waals surface area contributed by atoms with E-state index in [1.165, 1.54) is 5.56 Å². The number of likely N-dealkylation sites (N-methyl/N-ethyl adjacent to an activating group) is 1. The van der Waals surface area contributed by atoms with E-state index in [1.54, 1.807) is 36.5 Å². The number of hydrogen-bond acceptors (Lipinski definition) is 8. The maximum Gasteiger partial charge on any atom is 0.318 e. The average molecular weight is 809 g/mol. The van der Waals surface area contributed by atoms with Crippen LogP contribution in [0.3, 0.4) is 0 Å². The number of pyridine rings is 1. The molecular weight excluding hydrogens is 760 g/mol. The summed E-state index contributed by atoms with van der Waals surface area (Å²) < 4.78 is 0.886. The summed E-state index contributed by atoms with van der Waals surface area (Å²) in [6.45, 7) is 2.77. The van der Waals surface area contributed by atoms with Gasteiger partial charge in [-0.15, -0.1) is 0 Å². The molecule has 2 aromatic rings. The number of piperidine rings is 2. The van der Waals surface area contributed by atoms with Gasteiger partial charge in [-0.05, 0) is 125 Å². The van der Waals surface area contributed by atoms with Gasteiger partial charge < -0.3 is 41.9 Å². The highest BCUT2D eigenvalue weighted by molar-refractivity contribution is 9.11. The predicted octanol–water partition coefficient (Wildman–Crippen LogP) is 2.75. The monoisotopic (exact) mass is 806 g/mol. The molecule has 49 heavy (non-hydrogen) atoms. The summed E-state index contributed by atoms with van der Waals surface area (Å²) in [4.78, 5) is 60.7. The van der Waals surface area contributed by atoms with Gasteiger partial charge in [-0.2, -0.15) is 0 Å². The quantitative estimate of drug-likeness (QED) is 0.158. The molecular formula is C34H48Br2N8O5. The van der Waals surface area contributed by atoms with Crippen molar-refractivity contribution in [3.05, 3.63) is 56.7 Å². The van der Waals surface area contributed by atoms with Crippen molar-refractivity contribution >= 4 is 55.6 Å². The van der Waals surface area contributed by atoms with Gasteiger partial charge in [0.1, 0.15) is 17.8 Å². The smallest absolute Gasteiger partial charge is 0.318 e. The molecule has 15 heteroatoms. The number of phenols is 1. The van der Waals surface area contributed by atoms with Crippen LogP contribution in [0.2, 0.25) is 0 Å². The van der Waals surface area contributed by atoms with Crippen molar-refractivity contribution in [2.45, 2.75) is 75.4 Å². The van der Waals surface area contributed by atoms with Crippen molar-refractivity contribution in [1.29, 1.82) is 0 Å². The molecule has 3 heterocycles. The molecule has 0 aliphatic carbocycles. The van der Waals surface area contributed by atoms with Gasteiger partial charge in [-0.3, -0.25) is 19.4 Å². The van der Waals surface area contributed by atoms with Crippen LogP contribution in [0.5, 0.6) is 5.75 Å². The van der Waals surface area contributed by atoms with Gasteiger partial charge in [0.15, 0.2) is 0 Å². The highest BCUT2D eigenvalue weighted by Crippen LogP contribution is 2.34. The fraction of sp³-hybridized carbons (Fsp3) is 0.559. The molecule has 0 saturated carbocycles. The Balaban J connectivity index is 1.45. The van der Waals surface area contributed by atoms with Crippen molar-refractivity contribution < 1.29 is 24.3 Å². The molecule has 1 aromatic carbocycles. The number of halogens is 2. The largest absolute Gasteiger partial charge is 0.506 e. The van der Waals surface area contributed by atoms with Crippen LogP contribution in [-0.2, 0) is 20.8 Å². The molecule has 13 nitrogen and oxygen atoms in total. The van der Waals surface area contributed by atoms with Crippen LogP contribution < -0.4 is 27.0 Å². The number of benzene rings is 1. The number of nitrogens with one attached hydrogen (secondary N) is 4. The van der Waals surface area contributed by atoms with Crippen LogP contribution in [0.15, 0.2) is 45.6 Å². The van der Waals surface area contributed by atoms with Gasteiger partial charge in [0.05, 0.1) is 15.5 Å². The highest BCUT2D eigenvalue weighted by Gasteiger charge is 2.33. The minimum atomic E-state index is -0.998. The summed E-state index contributed by atoms with van der Waals surface area (Å²) in [6, 6.07) is 5.39. The highest BCUT2D eigenvalue weighted by atomic mass is 79.9. The van der Waals surface area contributed by atoms with Crippen LogP contribution >= 0.6 is 31.9 Å². The van der Waals surface area contributed by atoms with Crippen LogP contribution in [0.4, 0.5) is 4.79 Å². The average Bonchev–Trinajstić information content (AvgIpc) is 3.12. The zero-order chi connectivity index (χ0) is 35.3. The van der Waals surface area contributed by atoms with Gasteiger partial charge in [-0.1, -0.05) is 0 Å². The first kappa shape index (κ1) is 38.5. The maximum absolute atomic E-state index is 14.0. The molecule has 0 radical (unpaired) electrons. The lowest BCUT2D eigenvalue weighted by Gasteiger charge is -2.35. The van der Waals surface area contributed by atoms with Crippen molar-refractivity contribution in [2.24, 2.45) is 5.73 Å². The molecule has 2 atom stereocenters. The zero-order valence-corrected chi connectivity index (χ0v) is 31.1. The Bertz CT molecular complexity index is 1400. The third-order valence-electron chi connectivity index (χ3n) is 9.29. The molecule has 1 aromatic heterocycles. The van der Waals surface area contributed by atoms with Gasteiger partial charge in [0.25, 0.3) is 0 Å². The first-order chi connectivity index (χ1) is 23.6. The number of aromatic hydroxyl groups is 1. The molecule has 5 amide bonds. The lowest BCUT2D eigenvalue weighted by Crippen LogP contribution is -2.58. The Labute approximate surface area is 304 Å². The van der Waals surface area contributed by atoms with E-state index in [1.807, 2.05) is 17.0 Å². The Kier molecular flexibility index (Phi) is 15.1. The summed E-state index contributed by atoms with van der Waals surface area (Å²) in [5, 5.41) is 22.0. The third kappa shape index (κ3) is 11.4. The fourth-order valence-corrected chi connectivity index (χ4v) is 7.63. The summed E-state index contributed by atoms with van der Waals surface area (Å²) >= 11 is 6.71. The number of unbranched alkanes of at least 4 members (excludes halogenated alkanes) is 1. The summed E-state index contributed by atoms with van der Waals surface area (Å²) in [5.41, 5.74) is 7.67. The van der Waals surface area contributed by atoms with Crippen LogP contribution in [0.25, 0.3) is 0 Å². The number of aromatic nitrogens is 1. The number of likely N-dealkylation sites (tertiary alicyclic amines) is 2. The molecule has 0 spiro atoms. The van der Waals surface area contributed by atoms with E-state index in [2.05, 4.69) is 58.1 Å². The summed E-state index contributed by atoms with van der Waals surface area (Å²) in [7, 11) is 1.59. The lowest BCUT2D eigenvalue weighted by molar-refractivity contribution is -0.138. The standard InChI is InChI=1S/C34H48Br2N8O5/c1-38-30(45)21-40-25-9-16-44(17-10-25)34(49)42-29(20-22-18-26(35)31(46)27(36)19-22)32(47)41-28(4-2-3-11-37)33(48)43-14-7-24(8-15-43)23-5-12-39-13-6-23/h5-6,12-13,18-19,24-25,28-29,40,46H,2-4,7-11,14-17,20-21,37H2,1H3,(H,38,45)(H,41,47)(H,42,49)/t28-,29-/m0/s1. The van der Waals surface area contributed by atoms with Crippen molar-refractivity contribution in [3.63, 3.8) is 0 Å². The molecule has 7 N–H and O–H groups in total. The number of nitrogens with zero attached hydrogens (tertiary/aromatic N) is 3. The molecule has 4 rings (SSSR count). The lowest BCUT2D eigenvalue weighted by atomic mass is 9.89. The van der Waals surface area contributed by atoms with Crippen molar-refractivity contribution in [1.82, 2.24) is 36.1 Å². The fourth-order valence-electron chi connectivity index (χ4n) is 6.34. The minimum absolute atomic E-state index is 0.0277. The minimum Gasteiger partial charge on any atom is -0.506 e. The third-order valence-corrected chi connectivity index (χ3v) is 10.5. The number of rotatable bonds is 14. The first-order valence-corrected chi connectivity index (χ1v) is 18.5. The predicted molar refractivity (Wildman–Crippen MR) is 194 cm³/mol. The number of urea groups is 1. The van der Waals surface area contributed by atoms with E-state index in [-0.39, 0.29) is 42.6 Å². The van der Waals surface area contributed by atoms with Gasteiger partial charge in [-0.25, -0.2) is 4.79 Å². The topological polar surface area (TPSA) is 182 Å². The second-order valence-electron chi connectivity index (χ2n) is 12.7. The molecule has 0 unspecified atom stereocenters. The Morgan fingerprint density at radius 3 is 2.18 bits per heavy atom. The molecule has 2 aliphatic rings. The molecule has 2 aliphatic heterocycles. The maximum atomic E-state index is 14.0. The Hall–Kier alpha value is -3.27. The van der Waals surface area contributed by atoms with Crippen molar-refractivity contribution in [3.8, 4) is 5.75 Å². The number of amides is 5. The van der Waals surface area contributed by atoms with Crippen LogP contribution in [0, 0.1) is 0 Å². The van der Waals surface area contributed by atoms with Crippen molar-refractivity contribution in [2.75, 3.05) is 46.3 Å². The first-order valence-electron chi connectivity index (χ1n) is 16.9. The van der Waals surface area contributed by atoms with Crippen LogP contribution in [-0.4, -0.2) is 108 Å². The normalized spacial score (nSPS) is 16.9. The van der Waals surface area contributed by atoms with E-state index >= 15 is 0 Å². The second kappa shape index (κ2) is 19.2. The number of carbonyl (C=O) groups is 4. The van der Waals surface area contributed by atoms with E-state index in [0.717, 1.165) is 12.8 Å². The summed E-state index contributed by atoms with van der Waals surface area (Å²) in [5.74, 6) is -0.327. The number of carbonyl (C=O) groups excluding carboxylic acids is 4. The molecule has 268 valence electrons. The molecule has 2 fully saturated rings. The van der Waals surface area contributed by atoms with Crippen LogP contribution in [0.1, 0.15) is 62.0 Å². The zero-order valence-electron chi connectivity index (χ0n) is 27.9.